The standard InChI is InChI=1S/C15H21NOS/c1-5-12-9(2)8-13(18-12)14-10(3)11(17)6-7-15(14,4)16/h6-8,14,17H,5,16H2,1-4H3. The normalized spacial score (nSPS) is 27.9. The summed E-state index contributed by atoms with van der Waals surface area (Å²) in [5.41, 5.74) is 8.24. The number of hydrogen-bond donors (Lipinski definition) is 2. The zero-order valence-electron chi connectivity index (χ0n) is 11.4. The molecule has 0 amide bonds. The van der Waals surface area contributed by atoms with Crippen molar-refractivity contribution in [2.45, 2.75) is 45.6 Å². The topological polar surface area (TPSA) is 46.2 Å². The molecule has 2 atom stereocenters. The van der Waals surface area contributed by atoms with Gasteiger partial charge in [-0.1, -0.05) is 13.0 Å². The van der Waals surface area contributed by atoms with Crippen LogP contribution in [0.1, 0.15) is 42.0 Å². The molecule has 0 saturated heterocycles. The fraction of sp³-hybridized carbons (Fsp3) is 0.467. The Bertz CT molecular complexity index is 523. The molecule has 1 heterocycles. The van der Waals surface area contributed by atoms with E-state index in [-0.39, 0.29) is 5.92 Å². The van der Waals surface area contributed by atoms with Gasteiger partial charge in [-0.2, -0.15) is 0 Å². The molecule has 98 valence electrons. The van der Waals surface area contributed by atoms with Crippen LogP contribution in [-0.2, 0) is 6.42 Å². The molecule has 0 aliphatic heterocycles. The third-order valence-electron chi connectivity index (χ3n) is 3.70. The first-order valence-corrected chi connectivity index (χ1v) is 7.15. The van der Waals surface area contributed by atoms with E-state index < -0.39 is 5.54 Å². The largest absolute Gasteiger partial charge is 0.508 e. The van der Waals surface area contributed by atoms with Crippen LogP contribution in [0.2, 0.25) is 0 Å². The van der Waals surface area contributed by atoms with Gasteiger partial charge in [-0.3, -0.25) is 0 Å². The molecule has 0 radical (unpaired) electrons. The van der Waals surface area contributed by atoms with E-state index >= 15 is 0 Å². The zero-order valence-corrected chi connectivity index (χ0v) is 12.3. The van der Waals surface area contributed by atoms with Crippen molar-refractivity contribution in [3.05, 3.63) is 44.9 Å². The molecule has 2 unspecified atom stereocenters. The van der Waals surface area contributed by atoms with Crippen molar-refractivity contribution >= 4 is 11.3 Å². The Morgan fingerprint density at radius 3 is 2.67 bits per heavy atom. The van der Waals surface area contributed by atoms with Crippen LogP contribution in [0.25, 0.3) is 0 Å². The van der Waals surface area contributed by atoms with Crippen molar-refractivity contribution in [1.29, 1.82) is 0 Å². The minimum Gasteiger partial charge on any atom is -0.508 e. The average molecular weight is 263 g/mol. The smallest absolute Gasteiger partial charge is 0.114 e. The van der Waals surface area contributed by atoms with Crippen molar-refractivity contribution in [3.8, 4) is 0 Å². The van der Waals surface area contributed by atoms with E-state index in [4.69, 9.17) is 5.73 Å². The Labute approximate surface area is 113 Å². The monoisotopic (exact) mass is 263 g/mol. The molecule has 0 saturated carbocycles. The van der Waals surface area contributed by atoms with Crippen LogP contribution in [0, 0.1) is 6.92 Å². The van der Waals surface area contributed by atoms with Gasteiger partial charge in [0, 0.05) is 21.2 Å². The first kappa shape index (κ1) is 13.4. The Hall–Kier alpha value is -1.06. The van der Waals surface area contributed by atoms with Gasteiger partial charge in [-0.05, 0) is 50.5 Å². The molecule has 3 heteroatoms. The number of nitrogens with two attached hydrogens (primary N) is 1. The zero-order chi connectivity index (χ0) is 13.5. The van der Waals surface area contributed by atoms with Gasteiger partial charge in [-0.25, -0.2) is 0 Å². The summed E-state index contributed by atoms with van der Waals surface area (Å²) in [5, 5.41) is 9.92. The summed E-state index contributed by atoms with van der Waals surface area (Å²) in [4.78, 5) is 2.66. The van der Waals surface area contributed by atoms with Crippen LogP contribution in [0.4, 0.5) is 0 Å². The molecule has 1 aromatic rings. The Morgan fingerprint density at radius 2 is 2.11 bits per heavy atom. The van der Waals surface area contributed by atoms with Crippen LogP contribution in [0.15, 0.2) is 29.6 Å². The van der Waals surface area contributed by atoms with E-state index in [1.54, 1.807) is 6.08 Å². The number of aliphatic hydroxyl groups excluding tert-OH is 1. The third-order valence-corrected chi connectivity index (χ3v) is 5.15. The maximum absolute atomic E-state index is 9.92. The summed E-state index contributed by atoms with van der Waals surface area (Å²) in [5.74, 6) is 0.429. The van der Waals surface area contributed by atoms with Gasteiger partial charge in [-0.15, -0.1) is 11.3 Å². The van der Waals surface area contributed by atoms with E-state index in [2.05, 4.69) is 19.9 Å². The van der Waals surface area contributed by atoms with Crippen LogP contribution in [0.5, 0.6) is 0 Å². The second-order valence-electron chi connectivity index (χ2n) is 5.31. The summed E-state index contributed by atoms with van der Waals surface area (Å²) in [7, 11) is 0. The van der Waals surface area contributed by atoms with Gasteiger partial charge >= 0.3 is 0 Å². The van der Waals surface area contributed by atoms with Gasteiger partial charge in [0.15, 0.2) is 0 Å². The number of aryl methyl sites for hydroxylation is 2. The highest BCUT2D eigenvalue weighted by Crippen LogP contribution is 2.42. The van der Waals surface area contributed by atoms with Gasteiger partial charge in [0.05, 0.1) is 0 Å². The van der Waals surface area contributed by atoms with E-state index in [9.17, 15) is 5.11 Å². The number of rotatable bonds is 2. The molecule has 2 nitrogen and oxygen atoms in total. The fourth-order valence-electron chi connectivity index (χ4n) is 2.66. The third kappa shape index (κ3) is 2.13. The summed E-state index contributed by atoms with van der Waals surface area (Å²) in [6.45, 7) is 8.30. The first-order valence-electron chi connectivity index (χ1n) is 6.34. The minimum atomic E-state index is -0.432. The highest BCUT2D eigenvalue weighted by molar-refractivity contribution is 7.12. The second kappa shape index (κ2) is 4.56. The van der Waals surface area contributed by atoms with E-state index in [0.717, 1.165) is 12.0 Å². The average Bonchev–Trinajstić information content (AvgIpc) is 2.65. The molecular formula is C15H21NOS. The molecule has 3 N–H and O–H groups in total. The fourth-order valence-corrected chi connectivity index (χ4v) is 4.09. The van der Waals surface area contributed by atoms with E-state index in [1.807, 2.05) is 31.3 Å². The minimum absolute atomic E-state index is 0.0755. The summed E-state index contributed by atoms with van der Waals surface area (Å²) < 4.78 is 0. The Balaban J connectivity index is 2.50. The summed E-state index contributed by atoms with van der Waals surface area (Å²) >= 11 is 1.81. The molecule has 1 aliphatic carbocycles. The number of thiophene rings is 1. The molecule has 0 bridgehead atoms. The molecule has 2 rings (SSSR count). The highest BCUT2D eigenvalue weighted by Gasteiger charge is 2.35. The maximum atomic E-state index is 9.92. The van der Waals surface area contributed by atoms with E-state index in [1.165, 1.54) is 15.3 Å². The number of hydrogen-bond acceptors (Lipinski definition) is 3. The van der Waals surface area contributed by atoms with Crippen molar-refractivity contribution in [3.63, 3.8) is 0 Å². The van der Waals surface area contributed by atoms with Crippen molar-refractivity contribution < 1.29 is 5.11 Å². The van der Waals surface area contributed by atoms with Gasteiger partial charge in [0.1, 0.15) is 5.76 Å². The maximum Gasteiger partial charge on any atom is 0.114 e. The summed E-state index contributed by atoms with van der Waals surface area (Å²) in [6, 6.07) is 2.22. The van der Waals surface area contributed by atoms with Gasteiger partial charge < -0.3 is 10.8 Å². The van der Waals surface area contributed by atoms with Gasteiger partial charge in [0.2, 0.25) is 0 Å². The Kier molecular flexibility index (Phi) is 3.39. The lowest BCUT2D eigenvalue weighted by Crippen LogP contribution is -2.42. The second-order valence-corrected chi connectivity index (χ2v) is 6.48. The number of aliphatic hydroxyl groups is 1. The molecular weight excluding hydrogens is 242 g/mol. The number of allylic oxidation sites excluding steroid dienone is 1. The highest BCUT2D eigenvalue weighted by atomic mass is 32.1. The van der Waals surface area contributed by atoms with Crippen LogP contribution in [0.3, 0.4) is 0 Å². The van der Waals surface area contributed by atoms with Crippen molar-refractivity contribution in [2.24, 2.45) is 5.73 Å². The van der Waals surface area contributed by atoms with E-state index in [0.29, 0.717) is 5.76 Å². The lowest BCUT2D eigenvalue weighted by atomic mass is 9.76. The van der Waals surface area contributed by atoms with Gasteiger partial charge in [0.25, 0.3) is 0 Å². The molecule has 1 aliphatic rings. The molecule has 0 spiro atoms. The van der Waals surface area contributed by atoms with Crippen molar-refractivity contribution in [1.82, 2.24) is 0 Å². The lowest BCUT2D eigenvalue weighted by Gasteiger charge is -2.34. The van der Waals surface area contributed by atoms with Crippen LogP contribution in [-0.4, -0.2) is 10.6 Å². The molecule has 0 fully saturated rings. The SMILES string of the molecule is CCc1sc(C2C(C)=C(O)C=CC2(C)N)cc1C. The van der Waals surface area contributed by atoms with Crippen LogP contribution < -0.4 is 5.73 Å². The first-order chi connectivity index (χ1) is 8.36. The van der Waals surface area contributed by atoms with Crippen molar-refractivity contribution in [2.75, 3.05) is 0 Å². The van der Waals surface area contributed by atoms with Crippen LogP contribution >= 0.6 is 11.3 Å². The molecule has 1 aromatic heterocycles. The summed E-state index contributed by atoms with van der Waals surface area (Å²) in [6.07, 6.45) is 4.67. The molecule has 0 aromatic carbocycles. The predicted octanol–water partition coefficient (Wildman–Crippen LogP) is 3.82. The predicted molar refractivity (Wildman–Crippen MR) is 78.2 cm³/mol. The quantitative estimate of drug-likeness (QED) is 0.852. The molecule has 18 heavy (non-hydrogen) atoms. The Morgan fingerprint density at radius 1 is 1.44 bits per heavy atom. The lowest BCUT2D eigenvalue weighted by molar-refractivity contribution is 0.393.